The van der Waals surface area contributed by atoms with Crippen LogP contribution in [0.3, 0.4) is 0 Å². The molecule has 0 saturated carbocycles. The lowest BCUT2D eigenvalue weighted by Crippen LogP contribution is -2.32. The van der Waals surface area contributed by atoms with Crippen LogP contribution in [-0.2, 0) is 21.4 Å². The smallest absolute Gasteiger partial charge is 0.240 e. The zero-order chi connectivity index (χ0) is 18.4. The number of benzene rings is 2. The van der Waals surface area contributed by atoms with Crippen molar-refractivity contribution in [1.29, 1.82) is 0 Å². The van der Waals surface area contributed by atoms with Crippen LogP contribution >= 0.6 is 11.6 Å². The molecule has 25 heavy (non-hydrogen) atoms. The number of carbonyl (C=O) groups excluding carboxylic acids is 1. The Hall–Kier alpha value is -1.96. The number of halogens is 2. The summed E-state index contributed by atoms with van der Waals surface area (Å²) in [7, 11) is -2.20. The van der Waals surface area contributed by atoms with Crippen LogP contribution in [0.5, 0.6) is 0 Å². The molecule has 0 aliphatic heterocycles. The molecule has 5 nitrogen and oxygen atoms in total. The van der Waals surface area contributed by atoms with Crippen LogP contribution in [0.4, 0.5) is 4.39 Å². The second-order valence-corrected chi connectivity index (χ2v) is 7.63. The topological polar surface area (TPSA) is 66.5 Å². The van der Waals surface area contributed by atoms with Crippen LogP contribution in [0, 0.1) is 5.82 Å². The molecule has 2 rings (SSSR count). The number of nitrogens with zero attached hydrogens (tertiary/aromatic N) is 1. The lowest BCUT2D eigenvalue weighted by atomic mass is 10.2. The Kier molecular flexibility index (Phi) is 6.52. The van der Waals surface area contributed by atoms with Gasteiger partial charge < -0.3 is 4.90 Å². The number of rotatable bonds is 7. The van der Waals surface area contributed by atoms with E-state index in [9.17, 15) is 17.6 Å². The van der Waals surface area contributed by atoms with Gasteiger partial charge in [-0.05, 0) is 23.8 Å². The van der Waals surface area contributed by atoms with Crippen LogP contribution in [0.15, 0.2) is 53.4 Å². The first kappa shape index (κ1) is 19.4. The van der Waals surface area contributed by atoms with Gasteiger partial charge in [0.15, 0.2) is 0 Å². The van der Waals surface area contributed by atoms with Gasteiger partial charge in [-0.3, -0.25) is 4.79 Å². The second kappa shape index (κ2) is 8.42. The summed E-state index contributed by atoms with van der Waals surface area (Å²) in [4.78, 5) is 13.5. The van der Waals surface area contributed by atoms with Crippen LogP contribution in [0.2, 0.25) is 5.02 Å². The fourth-order valence-electron chi connectivity index (χ4n) is 2.16. The highest BCUT2D eigenvalue weighted by Crippen LogP contribution is 2.19. The SMILES string of the molecule is CN(Cc1ccccc1)C(=O)CCNS(=O)(=O)c1ccc(F)c(Cl)c1. The average Bonchev–Trinajstić information content (AvgIpc) is 2.57. The van der Waals surface area contributed by atoms with Gasteiger partial charge in [0, 0.05) is 26.6 Å². The summed E-state index contributed by atoms with van der Waals surface area (Å²) < 4.78 is 39.7. The van der Waals surface area contributed by atoms with Gasteiger partial charge in [0.25, 0.3) is 0 Å². The van der Waals surface area contributed by atoms with Crippen LogP contribution in [-0.4, -0.2) is 32.8 Å². The standard InChI is InChI=1S/C17H18ClFN2O3S/c1-21(12-13-5-3-2-4-6-13)17(22)9-10-20-25(23,24)14-7-8-16(19)15(18)11-14/h2-8,11,20H,9-10,12H2,1H3. The van der Waals surface area contributed by atoms with Gasteiger partial charge in [0.05, 0.1) is 9.92 Å². The summed E-state index contributed by atoms with van der Waals surface area (Å²) in [6.07, 6.45) is 0.0114. The average molecular weight is 385 g/mol. The van der Waals surface area contributed by atoms with E-state index in [1.807, 2.05) is 30.3 Å². The number of sulfonamides is 1. The van der Waals surface area contributed by atoms with Gasteiger partial charge in [-0.15, -0.1) is 0 Å². The van der Waals surface area contributed by atoms with Gasteiger partial charge in [-0.1, -0.05) is 41.9 Å². The molecule has 0 aliphatic carbocycles. The summed E-state index contributed by atoms with van der Waals surface area (Å²) in [5.74, 6) is -0.887. The molecule has 1 amide bonds. The lowest BCUT2D eigenvalue weighted by molar-refractivity contribution is -0.130. The number of amides is 1. The Labute approximate surface area is 151 Å². The summed E-state index contributed by atoms with van der Waals surface area (Å²) in [6, 6.07) is 12.6. The third-order valence-electron chi connectivity index (χ3n) is 3.52. The molecule has 2 aromatic carbocycles. The van der Waals surface area contributed by atoms with E-state index in [0.717, 1.165) is 23.8 Å². The molecule has 2 aromatic rings. The Morgan fingerprint density at radius 3 is 2.52 bits per heavy atom. The third-order valence-corrected chi connectivity index (χ3v) is 5.27. The maximum atomic E-state index is 13.1. The predicted octanol–water partition coefficient (Wildman–Crippen LogP) is 2.81. The van der Waals surface area contributed by atoms with Gasteiger partial charge >= 0.3 is 0 Å². The molecular formula is C17H18ClFN2O3S. The third kappa shape index (κ3) is 5.52. The summed E-state index contributed by atoms with van der Waals surface area (Å²) in [5, 5.41) is -0.276. The number of nitrogens with one attached hydrogen (secondary N) is 1. The lowest BCUT2D eigenvalue weighted by Gasteiger charge is -2.17. The molecule has 1 N–H and O–H groups in total. The van der Waals surface area contributed by atoms with Crippen LogP contribution in [0.1, 0.15) is 12.0 Å². The van der Waals surface area contributed by atoms with E-state index in [1.165, 1.54) is 4.90 Å². The second-order valence-electron chi connectivity index (χ2n) is 5.46. The Balaban J connectivity index is 1.88. The Bertz CT molecular complexity index is 844. The van der Waals surface area contributed by atoms with Crippen molar-refractivity contribution in [3.05, 3.63) is 64.9 Å². The van der Waals surface area contributed by atoms with Crippen molar-refractivity contribution in [3.63, 3.8) is 0 Å². The first-order valence-corrected chi connectivity index (χ1v) is 9.38. The molecule has 0 atom stereocenters. The quantitative estimate of drug-likeness (QED) is 0.798. The molecule has 0 saturated heterocycles. The Morgan fingerprint density at radius 1 is 1.20 bits per heavy atom. The van der Waals surface area contributed by atoms with Crippen molar-refractivity contribution in [1.82, 2.24) is 9.62 Å². The maximum Gasteiger partial charge on any atom is 0.240 e. The fraction of sp³-hybridized carbons (Fsp3) is 0.235. The monoisotopic (exact) mass is 384 g/mol. The van der Waals surface area contributed by atoms with Crippen molar-refractivity contribution >= 4 is 27.5 Å². The minimum Gasteiger partial charge on any atom is -0.341 e. The van der Waals surface area contributed by atoms with E-state index in [1.54, 1.807) is 7.05 Å². The normalized spacial score (nSPS) is 11.3. The van der Waals surface area contributed by atoms with Crippen molar-refractivity contribution < 1.29 is 17.6 Å². The zero-order valence-corrected chi connectivity index (χ0v) is 15.1. The van der Waals surface area contributed by atoms with Crippen molar-refractivity contribution in [2.75, 3.05) is 13.6 Å². The first-order chi connectivity index (χ1) is 11.8. The summed E-state index contributed by atoms with van der Waals surface area (Å²) >= 11 is 5.59. The first-order valence-electron chi connectivity index (χ1n) is 7.52. The highest BCUT2D eigenvalue weighted by Gasteiger charge is 2.17. The largest absolute Gasteiger partial charge is 0.341 e. The molecule has 0 heterocycles. The summed E-state index contributed by atoms with van der Waals surface area (Å²) in [6.45, 7) is 0.384. The molecule has 0 aromatic heterocycles. The Morgan fingerprint density at radius 2 is 1.88 bits per heavy atom. The maximum absolute atomic E-state index is 13.1. The van der Waals surface area contributed by atoms with E-state index < -0.39 is 15.8 Å². The molecule has 0 aliphatic rings. The van der Waals surface area contributed by atoms with Gasteiger partial charge in [0.1, 0.15) is 5.82 Å². The summed E-state index contributed by atoms with van der Waals surface area (Å²) in [5.41, 5.74) is 0.986. The van der Waals surface area contributed by atoms with E-state index in [-0.39, 0.29) is 28.8 Å². The molecule has 8 heteroatoms. The van der Waals surface area contributed by atoms with Crippen molar-refractivity contribution in [2.45, 2.75) is 17.9 Å². The molecule has 0 fully saturated rings. The van der Waals surface area contributed by atoms with Crippen molar-refractivity contribution in [3.8, 4) is 0 Å². The van der Waals surface area contributed by atoms with Crippen LogP contribution in [0.25, 0.3) is 0 Å². The fourth-order valence-corrected chi connectivity index (χ4v) is 3.46. The number of hydrogen-bond acceptors (Lipinski definition) is 3. The van der Waals surface area contributed by atoms with E-state index in [0.29, 0.717) is 6.54 Å². The number of hydrogen-bond donors (Lipinski definition) is 1. The van der Waals surface area contributed by atoms with Crippen molar-refractivity contribution in [2.24, 2.45) is 0 Å². The molecular weight excluding hydrogens is 367 g/mol. The van der Waals surface area contributed by atoms with Gasteiger partial charge in [0.2, 0.25) is 15.9 Å². The molecule has 0 radical (unpaired) electrons. The molecule has 0 bridgehead atoms. The highest BCUT2D eigenvalue weighted by atomic mass is 35.5. The van der Waals surface area contributed by atoms with E-state index in [2.05, 4.69) is 4.72 Å². The van der Waals surface area contributed by atoms with E-state index >= 15 is 0 Å². The number of carbonyl (C=O) groups is 1. The van der Waals surface area contributed by atoms with Crippen LogP contribution < -0.4 is 4.72 Å². The minimum absolute atomic E-state index is 0.0114. The molecule has 0 spiro atoms. The molecule has 0 unspecified atom stereocenters. The predicted molar refractivity (Wildman–Crippen MR) is 94.1 cm³/mol. The minimum atomic E-state index is -3.85. The van der Waals surface area contributed by atoms with Gasteiger partial charge in [-0.25, -0.2) is 17.5 Å². The van der Waals surface area contributed by atoms with E-state index in [4.69, 9.17) is 11.6 Å². The highest BCUT2D eigenvalue weighted by molar-refractivity contribution is 7.89. The van der Waals surface area contributed by atoms with Gasteiger partial charge in [-0.2, -0.15) is 0 Å². The zero-order valence-electron chi connectivity index (χ0n) is 13.6. The molecule has 134 valence electrons.